The Hall–Kier alpha value is -1.77. The van der Waals surface area contributed by atoms with Gasteiger partial charge in [0.15, 0.2) is 0 Å². The minimum atomic E-state index is 0.599. The maximum Gasteiger partial charge on any atom is 0.0178 e. The lowest BCUT2D eigenvalue weighted by molar-refractivity contribution is 1.06. The first-order chi connectivity index (χ1) is 9.76. The molecule has 0 heterocycles. The number of nitrogens with two attached hydrogens (primary N) is 1. The molecule has 3 rings (SSSR count). The molecule has 2 N–H and O–H groups in total. The summed E-state index contributed by atoms with van der Waals surface area (Å²) in [6, 6.07) is 21.5. The third-order valence-corrected chi connectivity index (χ3v) is 4.59. The molecular weight excluding hydrogens is 262 g/mol. The largest absolute Gasteiger partial charge is 0.326 e. The quantitative estimate of drug-likeness (QED) is 0.748. The Labute approximate surface area is 123 Å². The fourth-order valence-corrected chi connectivity index (χ4v) is 3.24. The average Bonchev–Trinajstić information content (AvgIpc) is 2.49. The molecule has 0 aromatic heterocycles. The van der Waals surface area contributed by atoms with Crippen LogP contribution in [0.25, 0.3) is 10.8 Å². The third kappa shape index (κ3) is 2.72. The molecule has 0 aliphatic heterocycles. The fourth-order valence-electron chi connectivity index (χ4n) is 2.31. The number of benzene rings is 3. The van der Waals surface area contributed by atoms with E-state index in [2.05, 4.69) is 67.6 Å². The molecule has 0 spiro atoms. The van der Waals surface area contributed by atoms with Gasteiger partial charge in [-0.05, 0) is 47.0 Å². The summed E-state index contributed by atoms with van der Waals surface area (Å²) in [5.74, 6) is 0. The van der Waals surface area contributed by atoms with Gasteiger partial charge in [-0.2, -0.15) is 0 Å². The van der Waals surface area contributed by atoms with Crippen LogP contribution >= 0.6 is 11.8 Å². The van der Waals surface area contributed by atoms with Gasteiger partial charge in [0.2, 0.25) is 0 Å². The van der Waals surface area contributed by atoms with Gasteiger partial charge in [-0.15, -0.1) is 0 Å². The lowest BCUT2D eigenvalue weighted by Crippen LogP contribution is -1.96. The van der Waals surface area contributed by atoms with E-state index >= 15 is 0 Å². The van der Waals surface area contributed by atoms with E-state index in [9.17, 15) is 0 Å². The summed E-state index contributed by atoms with van der Waals surface area (Å²) in [6.45, 7) is 2.74. The van der Waals surface area contributed by atoms with Crippen molar-refractivity contribution < 1.29 is 0 Å². The summed E-state index contributed by atoms with van der Waals surface area (Å²) in [6.07, 6.45) is 0. The van der Waals surface area contributed by atoms with Crippen LogP contribution in [0.5, 0.6) is 0 Å². The van der Waals surface area contributed by atoms with Crippen molar-refractivity contribution in [1.82, 2.24) is 0 Å². The molecule has 0 aliphatic carbocycles. The van der Waals surface area contributed by atoms with E-state index in [4.69, 9.17) is 5.73 Å². The summed E-state index contributed by atoms with van der Waals surface area (Å²) in [7, 11) is 0. The molecule has 0 fully saturated rings. The van der Waals surface area contributed by atoms with Crippen molar-refractivity contribution in [3.63, 3.8) is 0 Å². The van der Waals surface area contributed by atoms with E-state index in [-0.39, 0.29) is 0 Å². The Balaban J connectivity index is 1.92. The number of hydrogen-bond donors (Lipinski definition) is 1. The lowest BCUT2D eigenvalue weighted by Gasteiger charge is -2.08. The van der Waals surface area contributed by atoms with Crippen LogP contribution in [-0.4, -0.2) is 0 Å². The van der Waals surface area contributed by atoms with Crippen LogP contribution in [0.2, 0.25) is 0 Å². The Kier molecular flexibility index (Phi) is 3.77. The zero-order valence-corrected chi connectivity index (χ0v) is 12.3. The summed E-state index contributed by atoms with van der Waals surface area (Å²) >= 11 is 1.81. The van der Waals surface area contributed by atoms with Gasteiger partial charge in [0, 0.05) is 16.3 Å². The Morgan fingerprint density at radius 1 is 0.900 bits per heavy atom. The molecule has 0 aliphatic rings. The summed E-state index contributed by atoms with van der Waals surface area (Å²) in [4.78, 5) is 2.56. The van der Waals surface area contributed by atoms with Gasteiger partial charge in [0.1, 0.15) is 0 Å². The molecule has 20 heavy (non-hydrogen) atoms. The van der Waals surface area contributed by atoms with Crippen LogP contribution < -0.4 is 5.73 Å². The van der Waals surface area contributed by atoms with E-state index in [0.29, 0.717) is 6.54 Å². The molecule has 100 valence electrons. The van der Waals surface area contributed by atoms with E-state index in [1.807, 2.05) is 11.8 Å². The molecule has 3 aromatic carbocycles. The molecule has 0 saturated heterocycles. The highest BCUT2D eigenvalue weighted by Crippen LogP contribution is 2.32. The fraction of sp³-hybridized carbons (Fsp3) is 0.111. The second-order valence-electron chi connectivity index (χ2n) is 4.91. The first kappa shape index (κ1) is 13.2. The predicted octanol–water partition coefficient (Wildman–Crippen LogP) is 4.76. The molecule has 0 unspecified atom stereocenters. The highest BCUT2D eigenvalue weighted by atomic mass is 32.2. The van der Waals surface area contributed by atoms with E-state index in [1.54, 1.807) is 0 Å². The number of fused-ring (bicyclic) bond motifs is 1. The van der Waals surface area contributed by atoms with E-state index < -0.39 is 0 Å². The summed E-state index contributed by atoms with van der Waals surface area (Å²) < 4.78 is 0. The van der Waals surface area contributed by atoms with Crippen LogP contribution in [0.1, 0.15) is 11.1 Å². The molecule has 1 nitrogen and oxygen atoms in total. The normalized spacial score (nSPS) is 10.9. The number of hydrogen-bond acceptors (Lipinski definition) is 2. The second kappa shape index (κ2) is 5.70. The monoisotopic (exact) mass is 279 g/mol. The molecule has 0 saturated carbocycles. The minimum Gasteiger partial charge on any atom is -0.326 e. The van der Waals surface area contributed by atoms with Crippen LogP contribution in [0.15, 0.2) is 70.5 Å². The van der Waals surface area contributed by atoms with Crippen molar-refractivity contribution in [3.8, 4) is 0 Å². The molecular formula is C18H17NS. The van der Waals surface area contributed by atoms with Gasteiger partial charge in [0.05, 0.1) is 0 Å². The first-order valence-corrected chi connectivity index (χ1v) is 7.54. The van der Waals surface area contributed by atoms with Crippen molar-refractivity contribution >= 4 is 22.5 Å². The van der Waals surface area contributed by atoms with Gasteiger partial charge < -0.3 is 5.73 Å². The number of aryl methyl sites for hydroxylation is 1. The highest BCUT2D eigenvalue weighted by Gasteiger charge is 2.03. The minimum absolute atomic E-state index is 0.599. The number of rotatable bonds is 3. The second-order valence-corrected chi connectivity index (χ2v) is 6.03. The standard InChI is InChI=1S/C18H17NS/c1-13-10-14(12-19)6-9-18(13)20-17-8-7-15-4-2-3-5-16(15)11-17/h2-11H,12,19H2,1H3. The lowest BCUT2D eigenvalue weighted by atomic mass is 10.1. The first-order valence-electron chi connectivity index (χ1n) is 6.72. The third-order valence-electron chi connectivity index (χ3n) is 3.42. The molecule has 2 heteroatoms. The molecule has 0 radical (unpaired) electrons. The SMILES string of the molecule is Cc1cc(CN)ccc1Sc1ccc2ccccc2c1. The Bertz CT molecular complexity index is 749. The zero-order chi connectivity index (χ0) is 13.9. The topological polar surface area (TPSA) is 26.0 Å². The van der Waals surface area contributed by atoms with Crippen molar-refractivity contribution in [3.05, 3.63) is 71.8 Å². The van der Waals surface area contributed by atoms with E-state index in [1.165, 1.54) is 31.7 Å². The predicted molar refractivity (Wildman–Crippen MR) is 87.1 cm³/mol. The van der Waals surface area contributed by atoms with Crippen molar-refractivity contribution in [2.75, 3.05) is 0 Å². The van der Waals surface area contributed by atoms with Crippen molar-refractivity contribution in [2.24, 2.45) is 5.73 Å². The van der Waals surface area contributed by atoms with Gasteiger partial charge in [0.25, 0.3) is 0 Å². The summed E-state index contributed by atoms with van der Waals surface area (Å²) in [5, 5.41) is 2.57. The molecule has 3 aromatic rings. The van der Waals surface area contributed by atoms with Crippen LogP contribution in [0.4, 0.5) is 0 Å². The van der Waals surface area contributed by atoms with Gasteiger partial charge in [-0.3, -0.25) is 0 Å². The van der Waals surface area contributed by atoms with Crippen LogP contribution in [0.3, 0.4) is 0 Å². The highest BCUT2D eigenvalue weighted by molar-refractivity contribution is 7.99. The van der Waals surface area contributed by atoms with Gasteiger partial charge in [-0.1, -0.05) is 54.2 Å². The maximum absolute atomic E-state index is 5.68. The Morgan fingerprint density at radius 2 is 1.70 bits per heavy atom. The van der Waals surface area contributed by atoms with Crippen LogP contribution in [-0.2, 0) is 6.54 Å². The van der Waals surface area contributed by atoms with Gasteiger partial charge >= 0.3 is 0 Å². The molecule has 0 bridgehead atoms. The van der Waals surface area contributed by atoms with E-state index in [0.717, 1.165) is 0 Å². The molecule has 0 atom stereocenters. The van der Waals surface area contributed by atoms with Crippen LogP contribution in [0, 0.1) is 6.92 Å². The van der Waals surface area contributed by atoms with Gasteiger partial charge in [-0.25, -0.2) is 0 Å². The average molecular weight is 279 g/mol. The van der Waals surface area contributed by atoms with Crippen molar-refractivity contribution in [2.45, 2.75) is 23.3 Å². The Morgan fingerprint density at radius 3 is 2.45 bits per heavy atom. The zero-order valence-electron chi connectivity index (χ0n) is 11.5. The smallest absolute Gasteiger partial charge is 0.0178 e. The van der Waals surface area contributed by atoms with Crippen molar-refractivity contribution in [1.29, 1.82) is 0 Å². The summed E-state index contributed by atoms with van der Waals surface area (Å²) in [5.41, 5.74) is 8.15. The molecule has 0 amide bonds. The maximum atomic E-state index is 5.68.